The standard InChI is InChI=1S/C19H24N4O2S/c1-12-11-16(13(2)23(12)19-20-7-10-26-19)17(24)21-15-5-8-22(9-6-15)18(25)14-3-4-14/h7,10-11,14-15H,3-6,8-9H2,1-2H3,(H,21,24). The molecule has 1 N–H and O–H groups in total. The van der Waals surface area contributed by atoms with Gasteiger partial charge in [0.15, 0.2) is 5.13 Å². The Morgan fingerprint density at radius 1 is 1.19 bits per heavy atom. The Balaban J connectivity index is 1.40. The van der Waals surface area contributed by atoms with Gasteiger partial charge in [-0.15, -0.1) is 11.3 Å². The molecule has 6 nitrogen and oxygen atoms in total. The fourth-order valence-electron chi connectivity index (χ4n) is 3.71. The quantitative estimate of drug-likeness (QED) is 0.897. The van der Waals surface area contributed by atoms with E-state index in [1.165, 1.54) is 0 Å². The lowest BCUT2D eigenvalue weighted by Gasteiger charge is -2.32. The topological polar surface area (TPSA) is 67.2 Å². The molecule has 0 unspecified atom stereocenters. The van der Waals surface area contributed by atoms with Crippen molar-refractivity contribution < 1.29 is 9.59 Å². The van der Waals surface area contributed by atoms with Crippen LogP contribution in [0, 0.1) is 19.8 Å². The number of amides is 2. The highest BCUT2D eigenvalue weighted by Gasteiger charge is 2.35. The lowest BCUT2D eigenvalue weighted by molar-refractivity contribution is -0.133. The SMILES string of the molecule is Cc1cc(C(=O)NC2CCN(C(=O)C3CC3)CC2)c(C)n1-c1nccs1. The van der Waals surface area contributed by atoms with Gasteiger partial charge in [0.05, 0.1) is 5.56 Å². The van der Waals surface area contributed by atoms with Crippen LogP contribution < -0.4 is 5.32 Å². The third-order valence-corrected chi connectivity index (χ3v) is 6.11. The molecule has 1 saturated carbocycles. The number of aromatic nitrogens is 2. The van der Waals surface area contributed by atoms with E-state index in [9.17, 15) is 9.59 Å². The maximum absolute atomic E-state index is 12.8. The molecule has 0 atom stereocenters. The van der Waals surface area contributed by atoms with Gasteiger partial charge in [0.25, 0.3) is 5.91 Å². The van der Waals surface area contributed by atoms with Crippen LogP contribution in [0.25, 0.3) is 5.13 Å². The van der Waals surface area contributed by atoms with Crippen molar-refractivity contribution in [2.24, 2.45) is 5.92 Å². The van der Waals surface area contributed by atoms with Gasteiger partial charge in [-0.3, -0.25) is 14.2 Å². The third kappa shape index (κ3) is 3.28. The molecule has 0 spiro atoms. The third-order valence-electron chi connectivity index (χ3n) is 5.35. The van der Waals surface area contributed by atoms with Crippen molar-refractivity contribution in [1.29, 1.82) is 0 Å². The molecule has 2 aromatic rings. The Morgan fingerprint density at radius 2 is 1.92 bits per heavy atom. The maximum Gasteiger partial charge on any atom is 0.253 e. The number of nitrogens with one attached hydrogen (secondary N) is 1. The number of carbonyl (C=O) groups is 2. The van der Waals surface area contributed by atoms with Crippen LogP contribution in [-0.2, 0) is 4.79 Å². The van der Waals surface area contributed by atoms with E-state index in [2.05, 4.69) is 10.3 Å². The lowest BCUT2D eigenvalue weighted by atomic mass is 10.0. The minimum atomic E-state index is -0.0344. The van der Waals surface area contributed by atoms with Crippen LogP contribution in [0.4, 0.5) is 0 Å². The molecular weight excluding hydrogens is 348 g/mol. The van der Waals surface area contributed by atoms with E-state index in [1.54, 1.807) is 17.5 Å². The summed E-state index contributed by atoms with van der Waals surface area (Å²) in [7, 11) is 0. The Bertz CT molecular complexity index is 815. The second-order valence-electron chi connectivity index (χ2n) is 7.28. The minimum absolute atomic E-state index is 0.0344. The van der Waals surface area contributed by atoms with Crippen LogP contribution in [0.1, 0.15) is 47.4 Å². The van der Waals surface area contributed by atoms with Crippen molar-refractivity contribution in [3.05, 3.63) is 34.6 Å². The van der Waals surface area contributed by atoms with Gasteiger partial charge in [0, 0.05) is 48.0 Å². The molecule has 3 heterocycles. The molecule has 0 radical (unpaired) electrons. The summed E-state index contributed by atoms with van der Waals surface area (Å²) in [5.74, 6) is 0.548. The predicted molar refractivity (Wildman–Crippen MR) is 101 cm³/mol. The van der Waals surface area contributed by atoms with Crippen molar-refractivity contribution in [2.45, 2.75) is 45.6 Å². The van der Waals surface area contributed by atoms with Crippen LogP contribution in [0.3, 0.4) is 0 Å². The van der Waals surface area contributed by atoms with Gasteiger partial charge in [-0.1, -0.05) is 0 Å². The summed E-state index contributed by atoms with van der Waals surface area (Å²) in [6.07, 6.45) is 5.52. The molecule has 2 amide bonds. The highest BCUT2D eigenvalue weighted by Crippen LogP contribution is 2.32. The Hall–Kier alpha value is -2.15. The molecule has 7 heteroatoms. The van der Waals surface area contributed by atoms with Gasteiger partial charge in [-0.25, -0.2) is 4.98 Å². The second kappa shape index (κ2) is 6.87. The number of piperidine rings is 1. The largest absolute Gasteiger partial charge is 0.349 e. The summed E-state index contributed by atoms with van der Waals surface area (Å²) >= 11 is 1.56. The van der Waals surface area contributed by atoms with Crippen LogP contribution in [0.5, 0.6) is 0 Å². The van der Waals surface area contributed by atoms with Crippen LogP contribution in [0.15, 0.2) is 17.6 Å². The van der Waals surface area contributed by atoms with Crippen molar-refractivity contribution in [2.75, 3.05) is 13.1 Å². The summed E-state index contributed by atoms with van der Waals surface area (Å²) < 4.78 is 2.02. The number of hydrogen-bond donors (Lipinski definition) is 1. The van der Waals surface area contributed by atoms with Crippen molar-refractivity contribution >= 4 is 23.2 Å². The molecule has 0 aromatic carbocycles. The number of aryl methyl sites for hydroxylation is 1. The van der Waals surface area contributed by atoms with Crippen LogP contribution in [0.2, 0.25) is 0 Å². The summed E-state index contributed by atoms with van der Waals surface area (Å²) in [4.78, 5) is 31.2. The van der Waals surface area contributed by atoms with Crippen molar-refractivity contribution in [3.63, 3.8) is 0 Å². The lowest BCUT2D eigenvalue weighted by Crippen LogP contribution is -2.47. The van der Waals surface area contributed by atoms with Gasteiger partial charge in [0.1, 0.15) is 0 Å². The van der Waals surface area contributed by atoms with Gasteiger partial charge in [-0.05, 0) is 45.6 Å². The number of rotatable bonds is 4. The zero-order chi connectivity index (χ0) is 18.3. The van der Waals surface area contributed by atoms with E-state index in [0.717, 1.165) is 55.3 Å². The monoisotopic (exact) mass is 372 g/mol. The maximum atomic E-state index is 12.8. The number of thiazole rings is 1. The zero-order valence-corrected chi connectivity index (χ0v) is 16.0. The van der Waals surface area contributed by atoms with Gasteiger partial charge >= 0.3 is 0 Å². The van der Waals surface area contributed by atoms with Gasteiger partial charge < -0.3 is 10.2 Å². The molecule has 4 rings (SSSR count). The number of likely N-dealkylation sites (tertiary alicyclic amines) is 1. The number of nitrogens with zero attached hydrogens (tertiary/aromatic N) is 3. The Kier molecular flexibility index (Phi) is 4.56. The molecule has 1 aliphatic heterocycles. The first-order valence-corrected chi connectivity index (χ1v) is 10.1. The summed E-state index contributed by atoms with van der Waals surface area (Å²) in [6.45, 7) is 5.45. The molecular formula is C19H24N4O2S. The predicted octanol–water partition coefficient (Wildman–Crippen LogP) is 2.68. The summed E-state index contributed by atoms with van der Waals surface area (Å²) in [6, 6.07) is 2.06. The van der Waals surface area contributed by atoms with Gasteiger partial charge in [-0.2, -0.15) is 0 Å². The number of hydrogen-bond acceptors (Lipinski definition) is 4. The first kappa shape index (κ1) is 17.3. The molecule has 138 valence electrons. The highest BCUT2D eigenvalue weighted by atomic mass is 32.1. The van der Waals surface area contributed by atoms with E-state index in [1.807, 2.05) is 34.8 Å². The summed E-state index contributed by atoms with van der Waals surface area (Å²) in [5, 5.41) is 5.97. The molecule has 0 bridgehead atoms. The van der Waals surface area contributed by atoms with E-state index in [4.69, 9.17) is 0 Å². The first-order valence-electron chi connectivity index (χ1n) is 9.23. The van der Waals surface area contributed by atoms with Gasteiger partial charge in [0.2, 0.25) is 5.91 Å². The molecule has 2 fully saturated rings. The fourth-order valence-corrected chi connectivity index (χ4v) is 4.46. The molecule has 1 saturated heterocycles. The van der Waals surface area contributed by atoms with E-state index < -0.39 is 0 Å². The zero-order valence-electron chi connectivity index (χ0n) is 15.2. The minimum Gasteiger partial charge on any atom is -0.349 e. The average Bonchev–Trinajstić information content (AvgIpc) is 3.27. The van der Waals surface area contributed by atoms with E-state index in [0.29, 0.717) is 11.5 Å². The van der Waals surface area contributed by atoms with Crippen molar-refractivity contribution in [3.8, 4) is 5.13 Å². The average molecular weight is 372 g/mol. The second-order valence-corrected chi connectivity index (χ2v) is 8.16. The first-order chi connectivity index (χ1) is 12.5. The normalized spacial score (nSPS) is 18.2. The van der Waals surface area contributed by atoms with Crippen LogP contribution >= 0.6 is 11.3 Å². The summed E-state index contributed by atoms with van der Waals surface area (Å²) in [5.41, 5.74) is 2.62. The molecule has 2 aromatic heterocycles. The van der Waals surface area contributed by atoms with Crippen molar-refractivity contribution in [1.82, 2.24) is 19.8 Å². The smallest absolute Gasteiger partial charge is 0.253 e. The van der Waals surface area contributed by atoms with Crippen LogP contribution in [-0.4, -0.2) is 45.4 Å². The number of carbonyl (C=O) groups excluding carboxylic acids is 2. The molecule has 26 heavy (non-hydrogen) atoms. The van der Waals surface area contributed by atoms with E-state index >= 15 is 0 Å². The fraction of sp³-hybridized carbons (Fsp3) is 0.526. The van der Waals surface area contributed by atoms with E-state index in [-0.39, 0.29) is 17.9 Å². The Labute approximate surface area is 157 Å². The highest BCUT2D eigenvalue weighted by molar-refractivity contribution is 7.12. The molecule has 2 aliphatic rings. The Morgan fingerprint density at radius 3 is 2.54 bits per heavy atom. The molecule has 1 aliphatic carbocycles.